The highest BCUT2D eigenvalue weighted by Crippen LogP contribution is 2.16. The summed E-state index contributed by atoms with van der Waals surface area (Å²) in [6.45, 7) is 11.8. The van der Waals surface area contributed by atoms with E-state index in [0.717, 1.165) is 31.9 Å². The Morgan fingerprint density at radius 2 is 1.95 bits per heavy atom. The summed E-state index contributed by atoms with van der Waals surface area (Å²) < 4.78 is 5.66. The molecule has 120 valence electrons. The van der Waals surface area contributed by atoms with Gasteiger partial charge in [0.2, 0.25) is 5.91 Å². The molecular formula is C18H26N2O2. The number of nitrogens with zero attached hydrogens (tertiary/aromatic N) is 2. The summed E-state index contributed by atoms with van der Waals surface area (Å²) in [6.07, 6.45) is 2.57. The SMILES string of the molecule is C=CCN1CCN(Cc2ccc(OC(C)C)cc2)CCC1=O. The van der Waals surface area contributed by atoms with Crippen LogP contribution >= 0.6 is 0 Å². The number of ether oxygens (including phenoxy) is 1. The van der Waals surface area contributed by atoms with E-state index >= 15 is 0 Å². The molecule has 1 aromatic rings. The molecule has 1 aromatic carbocycles. The van der Waals surface area contributed by atoms with E-state index in [1.807, 2.05) is 30.9 Å². The van der Waals surface area contributed by atoms with Crippen LogP contribution in [-0.4, -0.2) is 48.0 Å². The normalized spacial score (nSPS) is 16.7. The molecule has 0 bridgehead atoms. The van der Waals surface area contributed by atoms with Crippen molar-refractivity contribution in [1.29, 1.82) is 0 Å². The zero-order valence-corrected chi connectivity index (χ0v) is 13.6. The van der Waals surface area contributed by atoms with Crippen LogP contribution in [0.25, 0.3) is 0 Å². The van der Waals surface area contributed by atoms with E-state index in [1.165, 1.54) is 5.56 Å². The molecule has 22 heavy (non-hydrogen) atoms. The number of hydrogen-bond donors (Lipinski definition) is 0. The van der Waals surface area contributed by atoms with Gasteiger partial charge in [0, 0.05) is 39.1 Å². The predicted octanol–water partition coefficient (Wildman–Crippen LogP) is 2.69. The van der Waals surface area contributed by atoms with Gasteiger partial charge < -0.3 is 9.64 Å². The van der Waals surface area contributed by atoms with Crippen molar-refractivity contribution in [3.63, 3.8) is 0 Å². The quantitative estimate of drug-likeness (QED) is 0.758. The molecule has 0 unspecified atom stereocenters. The van der Waals surface area contributed by atoms with Crippen LogP contribution in [0.1, 0.15) is 25.8 Å². The number of rotatable bonds is 6. The summed E-state index contributed by atoms with van der Waals surface area (Å²) in [5.41, 5.74) is 1.25. The highest BCUT2D eigenvalue weighted by molar-refractivity contribution is 5.76. The summed E-state index contributed by atoms with van der Waals surface area (Å²) in [6, 6.07) is 8.24. The first-order chi connectivity index (χ1) is 10.6. The second-order valence-corrected chi connectivity index (χ2v) is 5.97. The van der Waals surface area contributed by atoms with Gasteiger partial charge in [-0.3, -0.25) is 9.69 Å². The maximum Gasteiger partial charge on any atom is 0.224 e. The van der Waals surface area contributed by atoms with Crippen molar-refractivity contribution in [2.24, 2.45) is 0 Å². The van der Waals surface area contributed by atoms with E-state index in [0.29, 0.717) is 13.0 Å². The van der Waals surface area contributed by atoms with Crippen LogP contribution in [0, 0.1) is 0 Å². The molecule has 0 atom stereocenters. The molecule has 0 N–H and O–H groups in total. The highest BCUT2D eigenvalue weighted by Gasteiger charge is 2.19. The molecule has 4 nitrogen and oxygen atoms in total. The Morgan fingerprint density at radius 1 is 1.23 bits per heavy atom. The lowest BCUT2D eigenvalue weighted by Crippen LogP contribution is -2.33. The molecule has 0 aromatic heterocycles. The number of hydrogen-bond acceptors (Lipinski definition) is 3. The molecule has 1 fully saturated rings. The zero-order chi connectivity index (χ0) is 15.9. The minimum atomic E-state index is 0.193. The molecule has 1 aliphatic heterocycles. The molecule has 0 radical (unpaired) electrons. The van der Waals surface area contributed by atoms with E-state index in [2.05, 4.69) is 23.6 Å². The number of carbonyl (C=O) groups excluding carboxylic acids is 1. The van der Waals surface area contributed by atoms with Crippen LogP contribution in [0.2, 0.25) is 0 Å². The van der Waals surface area contributed by atoms with Gasteiger partial charge >= 0.3 is 0 Å². The fraction of sp³-hybridized carbons (Fsp3) is 0.500. The Labute approximate surface area is 133 Å². The Bertz CT molecular complexity index is 496. The van der Waals surface area contributed by atoms with Gasteiger partial charge in [0.1, 0.15) is 5.75 Å². The minimum absolute atomic E-state index is 0.193. The Kier molecular flexibility index (Phi) is 6.01. The minimum Gasteiger partial charge on any atom is -0.491 e. The fourth-order valence-electron chi connectivity index (χ4n) is 2.62. The van der Waals surface area contributed by atoms with Gasteiger partial charge in [0.15, 0.2) is 0 Å². The van der Waals surface area contributed by atoms with Crippen molar-refractivity contribution in [2.75, 3.05) is 26.2 Å². The Hall–Kier alpha value is -1.81. The number of amides is 1. The molecule has 2 rings (SSSR count). The zero-order valence-electron chi connectivity index (χ0n) is 13.6. The van der Waals surface area contributed by atoms with Crippen LogP contribution < -0.4 is 4.74 Å². The molecule has 4 heteroatoms. The van der Waals surface area contributed by atoms with Crippen molar-refractivity contribution in [3.8, 4) is 5.75 Å². The van der Waals surface area contributed by atoms with Gasteiger partial charge in [-0.15, -0.1) is 6.58 Å². The fourth-order valence-corrected chi connectivity index (χ4v) is 2.62. The largest absolute Gasteiger partial charge is 0.491 e. The van der Waals surface area contributed by atoms with Gasteiger partial charge in [-0.1, -0.05) is 18.2 Å². The first-order valence-corrected chi connectivity index (χ1v) is 7.95. The van der Waals surface area contributed by atoms with Gasteiger partial charge in [0.25, 0.3) is 0 Å². The maximum atomic E-state index is 12.0. The lowest BCUT2D eigenvalue weighted by molar-refractivity contribution is -0.129. The standard InChI is InChI=1S/C18H26N2O2/c1-4-10-20-13-12-19(11-9-18(20)21)14-16-5-7-17(8-6-16)22-15(2)3/h4-8,15H,1,9-14H2,2-3H3. The van der Waals surface area contributed by atoms with E-state index in [1.54, 1.807) is 6.08 Å². The summed E-state index contributed by atoms with van der Waals surface area (Å²) in [4.78, 5) is 16.2. The first-order valence-electron chi connectivity index (χ1n) is 7.95. The third kappa shape index (κ3) is 4.88. The topological polar surface area (TPSA) is 32.8 Å². The van der Waals surface area contributed by atoms with E-state index in [-0.39, 0.29) is 12.0 Å². The second kappa shape index (κ2) is 7.99. The highest BCUT2D eigenvalue weighted by atomic mass is 16.5. The van der Waals surface area contributed by atoms with Crippen molar-refractivity contribution in [1.82, 2.24) is 9.80 Å². The van der Waals surface area contributed by atoms with E-state index in [4.69, 9.17) is 4.74 Å². The molecule has 0 spiro atoms. The van der Waals surface area contributed by atoms with Crippen LogP contribution in [-0.2, 0) is 11.3 Å². The summed E-state index contributed by atoms with van der Waals surface area (Å²) in [5.74, 6) is 1.13. The number of carbonyl (C=O) groups is 1. The van der Waals surface area contributed by atoms with Gasteiger partial charge in [0.05, 0.1) is 6.10 Å². The van der Waals surface area contributed by atoms with Crippen LogP contribution in [0.4, 0.5) is 0 Å². The van der Waals surface area contributed by atoms with Crippen molar-refractivity contribution < 1.29 is 9.53 Å². The third-order valence-corrected chi connectivity index (χ3v) is 3.73. The Balaban J connectivity index is 1.90. The summed E-state index contributed by atoms with van der Waals surface area (Å²) in [7, 11) is 0. The summed E-state index contributed by atoms with van der Waals surface area (Å²) in [5, 5.41) is 0. The number of benzene rings is 1. The van der Waals surface area contributed by atoms with E-state index in [9.17, 15) is 4.79 Å². The van der Waals surface area contributed by atoms with Crippen LogP contribution in [0.5, 0.6) is 5.75 Å². The molecule has 1 amide bonds. The van der Waals surface area contributed by atoms with Crippen molar-refractivity contribution in [2.45, 2.75) is 32.9 Å². The molecule has 0 saturated carbocycles. The van der Waals surface area contributed by atoms with Crippen LogP contribution in [0.15, 0.2) is 36.9 Å². The van der Waals surface area contributed by atoms with Gasteiger partial charge in [-0.2, -0.15) is 0 Å². The molecule has 1 saturated heterocycles. The second-order valence-electron chi connectivity index (χ2n) is 5.97. The average Bonchev–Trinajstić information content (AvgIpc) is 2.65. The lowest BCUT2D eigenvalue weighted by atomic mass is 10.2. The van der Waals surface area contributed by atoms with Crippen molar-refractivity contribution >= 4 is 5.91 Å². The molecule has 0 aliphatic carbocycles. The third-order valence-electron chi connectivity index (χ3n) is 3.73. The van der Waals surface area contributed by atoms with E-state index < -0.39 is 0 Å². The molecular weight excluding hydrogens is 276 g/mol. The maximum absolute atomic E-state index is 12.0. The monoisotopic (exact) mass is 302 g/mol. The molecule has 1 aliphatic rings. The average molecular weight is 302 g/mol. The summed E-state index contributed by atoms with van der Waals surface area (Å²) >= 11 is 0. The van der Waals surface area contributed by atoms with Crippen LogP contribution in [0.3, 0.4) is 0 Å². The smallest absolute Gasteiger partial charge is 0.224 e. The van der Waals surface area contributed by atoms with Gasteiger partial charge in [-0.05, 0) is 31.5 Å². The predicted molar refractivity (Wildman–Crippen MR) is 88.9 cm³/mol. The van der Waals surface area contributed by atoms with Gasteiger partial charge in [-0.25, -0.2) is 0 Å². The molecule has 1 heterocycles. The Morgan fingerprint density at radius 3 is 2.59 bits per heavy atom. The lowest BCUT2D eigenvalue weighted by Gasteiger charge is -2.21. The first kappa shape index (κ1) is 16.6. The van der Waals surface area contributed by atoms with Crippen molar-refractivity contribution in [3.05, 3.63) is 42.5 Å².